The molecule has 1 aliphatic heterocycles. The number of hydrogen-bond donors (Lipinski definition) is 4. The van der Waals surface area contributed by atoms with Crippen LogP contribution in [0.1, 0.15) is 35.6 Å². The second-order valence-electron chi connectivity index (χ2n) is 8.23. The minimum absolute atomic E-state index is 0.435. The molecule has 0 radical (unpaired) electrons. The molecule has 4 N–H and O–H groups in total. The van der Waals surface area contributed by atoms with E-state index in [1.165, 1.54) is 0 Å². The lowest BCUT2D eigenvalue weighted by Crippen LogP contribution is -2.55. The van der Waals surface area contributed by atoms with E-state index in [-0.39, 0.29) is 0 Å². The van der Waals surface area contributed by atoms with Crippen LogP contribution in [0.3, 0.4) is 0 Å². The second-order valence-corrected chi connectivity index (χ2v) is 8.23. The molecular formula is C24H30O7. The monoisotopic (exact) mass is 430 g/mol. The van der Waals surface area contributed by atoms with E-state index in [0.29, 0.717) is 31.3 Å². The molecule has 5 atom stereocenters. The molecule has 168 valence electrons. The van der Waals surface area contributed by atoms with Crippen LogP contribution in [0.2, 0.25) is 0 Å². The number of rotatable bonds is 9. The summed E-state index contributed by atoms with van der Waals surface area (Å²) in [6.07, 6.45) is -2.35. The number of benzene rings is 2. The SMILES string of the molecule is OC[C@H]1O[C@H](c2cccc(Cc3ccc(OCCOC4CC4)cc3)c2)[C@H](O)[C@@H](O)[C@@H]1O. The van der Waals surface area contributed by atoms with Gasteiger partial charge in [-0.25, -0.2) is 0 Å². The maximum atomic E-state index is 10.4. The summed E-state index contributed by atoms with van der Waals surface area (Å²) in [5.74, 6) is 0.804. The normalized spacial score (nSPS) is 28.5. The molecule has 4 rings (SSSR count). The van der Waals surface area contributed by atoms with Gasteiger partial charge in [0.2, 0.25) is 0 Å². The molecule has 0 amide bonds. The van der Waals surface area contributed by atoms with Crippen LogP contribution in [-0.4, -0.2) is 70.8 Å². The zero-order valence-electron chi connectivity index (χ0n) is 17.3. The van der Waals surface area contributed by atoms with Crippen LogP contribution >= 0.6 is 0 Å². The van der Waals surface area contributed by atoms with Gasteiger partial charge >= 0.3 is 0 Å². The predicted octanol–water partition coefficient (Wildman–Crippen LogP) is 1.35. The van der Waals surface area contributed by atoms with Gasteiger partial charge in [0.1, 0.15) is 42.9 Å². The minimum Gasteiger partial charge on any atom is -0.491 e. The van der Waals surface area contributed by atoms with Crippen LogP contribution in [0, 0.1) is 0 Å². The van der Waals surface area contributed by atoms with Gasteiger partial charge < -0.3 is 34.6 Å². The summed E-state index contributed by atoms with van der Waals surface area (Å²) >= 11 is 0. The standard InChI is InChI=1S/C24H30O7/c25-14-20-21(26)22(27)23(28)24(31-20)17-3-1-2-16(13-17)12-15-4-6-18(7-5-15)29-10-11-30-19-8-9-19/h1-7,13,19-28H,8-12,14H2/t20-,21-,22+,23-,24-/m1/s1. The third-order valence-electron chi connectivity index (χ3n) is 5.73. The summed E-state index contributed by atoms with van der Waals surface area (Å²) < 4.78 is 16.9. The van der Waals surface area contributed by atoms with E-state index in [2.05, 4.69) is 0 Å². The fourth-order valence-electron chi connectivity index (χ4n) is 3.81. The first kappa shape index (κ1) is 22.2. The average molecular weight is 430 g/mol. The van der Waals surface area contributed by atoms with Crippen LogP contribution in [0.5, 0.6) is 5.75 Å². The lowest BCUT2D eigenvalue weighted by Gasteiger charge is -2.40. The van der Waals surface area contributed by atoms with E-state index in [4.69, 9.17) is 14.2 Å². The van der Waals surface area contributed by atoms with Crippen molar-refractivity contribution >= 4 is 0 Å². The van der Waals surface area contributed by atoms with Crippen molar-refractivity contribution < 1.29 is 34.6 Å². The molecule has 0 spiro atoms. The number of hydrogen-bond acceptors (Lipinski definition) is 7. The molecule has 2 aliphatic rings. The van der Waals surface area contributed by atoms with E-state index in [9.17, 15) is 20.4 Å². The Labute approximate surface area is 181 Å². The van der Waals surface area contributed by atoms with Gasteiger partial charge in [-0.1, -0.05) is 36.4 Å². The molecule has 1 saturated heterocycles. The van der Waals surface area contributed by atoms with Gasteiger partial charge in [-0.15, -0.1) is 0 Å². The highest BCUT2D eigenvalue weighted by molar-refractivity contribution is 5.34. The molecule has 7 nitrogen and oxygen atoms in total. The van der Waals surface area contributed by atoms with Crippen LogP contribution in [0.25, 0.3) is 0 Å². The Hall–Kier alpha value is -2.00. The molecule has 1 heterocycles. The van der Waals surface area contributed by atoms with Crippen molar-refractivity contribution in [1.82, 2.24) is 0 Å². The van der Waals surface area contributed by atoms with E-state index < -0.39 is 37.1 Å². The van der Waals surface area contributed by atoms with Crippen LogP contribution in [0.4, 0.5) is 0 Å². The molecule has 1 aliphatic carbocycles. The van der Waals surface area contributed by atoms with Crippen LogP contribution in [0.15, 0.2) is 48.5 Å². The van der Waals surface area contributed by atoms with Crippen LogP contribution < -0.4 is 4.74 Å². The Morgan fingerprint density at radius 2 is 1.65 bits per heavy atom. The average Bonchev–Trinajstić information content (AvgIpc) is 3.61. The summed E-state index contributed by atoms with van der Waals surface area (Å²) in [5, 5.41) is 39.8. The largest absolute Gasteiger partial charge is 0.491 e. The maximum absolute atomic E-state index is 10.4. The highest BCUT2D eigenvalue weighted by atomic mass is 16.5. The molecule has 7 heteroatoms. The van der Waals surface area contributed by atoms with Gasteiger partial charge in [-0.2, -0.15) is 0 Å². The topological polar surface area (TPSA) is 109 Å². The number of ether oxygens (including phenoxy) is 3. The Morgan fingerprint density at radius 1 is 0.871 bits per heavy atom. The third-order valence-corrected chi connectivity index (χ3v) is 5.73. The molecule has 31 heavy (non-hydrogen) atoms. The van der Waals surface area contributed by atoms with Crippen LogP contribution in [-0.2, 0) is 15.9 Å². The van der Waals surface area contributed by atoms with Gasteiger partial charge in [0.25, 0.3) is 0 Å². The Kier molecular flexibility index (Phi) is 7.22. The highest BCUT2D eigenvalue weighted by Gasteiger charge is 2.43. The first-order chi connectivity index (χ1) is 15.0. The van der Waals surface area contributed by atoms with Gasteiger partial charge in [-0.05, 0) is 48.1 Å². The van der Waals surface area contributed by atoms with E-state index in [1.54, 1.807) is 6.07 Å². The van der Waals surface area contributed by atoms with Gasteiger partial charge in [-0.3, -0.25) is 0 Å². The minimum atomic E-state index is -1.39. The smallest absolute Gasteiger partial charge is 0.119 e. The molecule has 2 aromatic rings. The fourth-order valence-corrected chi connectivity index (χ4v) is 3.81. The van der Waals surface area contributed by atoms with E-state index in [1.807, 2.05) is 42.5 Å². The first-order valence-corrected chi connectivity index (χ1v) is 10.8. The predicted molar refractivity (Wildman–Crippen MR) is 113 cm³/mol. The van der Waals surface area contributed by atoms with Crippen molar-refractivity contribution in [2.75, 3.05) is 19.8 Å². The van der Waals surface area contributed by atoms with E-state index in [0.717, 1.165) is 29.7 Å². The number of aliphatic hydroxyl groups excluding tert-OH is 4. The zero-order chi connectivity index (χ0) is 21.8. The molecule has 2 aromatic carbocycles. The summed E-state index contributed by atoms with van der Waals surface area (Å²) in [6.45, 7) is 0.705. The van der Waals surface area contributed by atoms with Crippen molar-refractivity contribution in [3.63, 3.8) is 0 Å². The van der Waals surface area contributed by atoms with Crippen molar-refractivity contribution in [3.8, 4) is 5.75 Å². The summed E-state index contributed by atoms with van der Waals surface area (Å²) in [4.78, 5) is 0. The molecule has 0 aromatic heterocycles. The first-order valence-electron chi connectivity index (χ1n) is 10.8. The third kappa shape index (κ3) is 5.63. The second kappa shape index (κ2) is 10.1. The molecular weight excluding hydrogens is 400 g/mol. The summed E-state index contributed by atoms with van der Waals surface area (Å²) in [7, 11) is 0. The number of aliphatic hydroxyl groups is 4. The molecule has 0 unspecified atom stereocenters. The van der Waals surface area contributed by atoms with Crippen molar-refractivity contribution in [2.24, 2.45) is 0 Å². The Morgan fingerprint density at radius 3 is 2.35 bits per heavy atom. The quantitative estimate of drug-likeness (QED) is 0.445. The maximum Gasteiger partial charge on any atom is 0.119 e. The molecule has 0 bridgehead atoms. The lowest BCUT2D eigenvalue weighted by molar-refractivity contribution is -0.231. The Balaban J connectivity index is 1.36. The highest BCUT2D eigenvalue weighted by Crippen LogP contribution is 2.33. The Bertz CT molecular complexity index is 834. The van der Waals surface area contributed by atoms with Gasteiger partial charge in [0, 0.05) is 0 Å². The fraction of sp³-hybridized carbons (Fsp3) is 0.500. The van der Waals surface area contributed by atoms with Crippen molar-refractivity contribution in [2.45, 2.75) is 55.9 Å². The summed E-state index contributed by atoms with van der Waals surface area (Å²) in [5.41, 5.74) is 2.80. The van der Waals surface area contributed by atoms with Gasteiger partial charge in [0.15, 0.2) is 0 Å². The zero-order valence-corrected chi connectivity index (χ0v) is 17.3. The summed E-state index contributed by atoms with van der Waals surface area (Å²) in [6, 6.07) is 15.5. The van der Waals surface area contributed by atoms with E-state index >= 15 is 0 Å². The van der Waals surface area contributed by atoms with Crippen molar-refractivity contribution in [1.29, 1.82) is 0 Å². The lowest BCUT2D eigenvalue weighted by atomic mass is 9.90. The molecule has 2 fully saturated rings. The van der Waals surface area contributed by atoms with Gasteiger partial charge in [0.05, 0.1) is 19.3 Å². The molecule has 1 saturated carbocycles. The van der Waals surface area contributed by atoms with Crippen molar-refractivity contribution in [3.05, 3.63) is 65.2 Å².